The molecule has 0 spiro atoms. The Morgan fingerprint density at radius 1 is 1.18 bits per heavy atom. The number of aromatic nitrogens is 3. The van der Waals surface area contributed by atoms with Gasteiger partial charge in [0.2, 0.25) is 0 Å². The number of nitrogens with zero attached hydrogens (tertiary/aromatic N) is 3. The van der Waals surface area contributed by atoms with Gasteiger partial charge in [0, 0.05) is 18.3 Å². The highest BCUT2D eigenvalue weighted by Crippen LogP contribution is 2.31. The molecule has 1 atom stereocenters. The minimum atomic E-state index is 0.150. The summed E-state index contributed by atoms with van der Waals surface area (Å²) >= 11 is 0. The summed E-state index contributed by atoms with van der Waals surface area (Å²) in [5.41, 5.74) is 1.84. The van der Waals surface area contributed by atoms with Crippen LogP contribution in [0.25, 0.3) is 22.4 Å². The first-order chi connectivity index (χ1) is 10.9. The van der Waals surface area contributed by atoms with Crippen molar-refractivity contribution in [3.05, 3.63) is 42.6 Å². The average Bonchev–Trinajstić information content (AvgIpc) is 3.23. The highest BCUT2D eigenvalue weighted by Gasteiger charge is 2.27. The average molecular weight is 294 g/mol. The maximum absolute atomic E-state index is 9.61. The Kier molecular flexibility index (Phi) is 3.27. The van der Waals surface area contributed by atoms with E-state index >= 15 is 0 Å². The van der Waals surface area contributed by atoms with Gasteiger partial charge in [0.15, 0.2) is 5.82 Å². The topological polar surface area (TPSA) is 65.0 Å². The zero-order valence-electron chi connectivity index (χ0n) is 12.2. The van der Waals surface area contributed by atoms with Crippen molar-refractivity contribution in [3.63, 3.8) is 0 Å². The van der Waals surface area contributed by atoms with E-state index in [2.05, 4.69) is 14.9 Å². The highest BCUT2D eigenvalue weighted by molar-refractivity contribution is 5.89. The van der Waals surface area contributed by atoms with Gasteiger partial charge >= 0.3 is 0 Å². The number of H-pyrrole nitrogens is 1. The van der Waals surface area contributed by atoms with Gasteiger partial charge in [-0.15, -0.1) is 0 Å². The minimum absolute atomic E-state index is 0.150. The second-order valence-electron chi connectivity index (χ2n) is 5.65. The number of fused-ring (bicyclic) bond motifs is 1. The number of hydrogen-bond donors (Lipinski definition) is 2. The second kappa shape index (κ2) is 5.42. The monoisotopic (exact) mass is 294 g/mol. The van der Waals surface area contributed by atoms with E-state index in [9.17, 15) is 5.11 Å². The third kappa shape index (κ3) is 2.14. The molecule has 0 amide bonds. The first kappa shape index (κ1) is 13.3. The lowest BCUT2D eigenvalue weighted by Gasteiger charge is -2.25. The second-order valence-corrected chi connectivity index (χ2v) is 5.65. The Labute approximate surface area is 128 Å². The molecule has 1 aromatic carbocycles. The SMILES string of the molecule is OCC1CCCN1c1nc(-c2ccccc2)nc2[nH]ccc12. The van der Waals surface area contributed by atoms with E-state index in [1.807, 2.05) is 42.6 Å². The molecule has 1 fully saturated rings. The van der Waals surface area contributed by atoms with Crippen LogP contribution in [0.2, 0.25) is 0 Å². The number of aliphatic hydroxyl groups is 1. The van der Waals surface area contributed by atoms with Gasteiger partial charge in [-0.25, -0.2) is 9.97 Å². The van der Waals surface area contributed by atoms with E-state index in [0.717, 1.165) is 41.8 Å². The van der Waals surface area contributed by atoms with Crippen molar-refractivity contribution >= 4 is 16.9 Å². The summed E-state index contributed by atoms with van der Waals surface area (Å²) in [5.74, 6) is 1.63. The molecular formula is C17H18N4O. The molecule has 2 N–H and O–H groups in total. The van der Waals surface area contributed by atoms with Gasteiger partial charge in [0.25, 0.3) is 0 Å². The van der Waals surface area contributed by atoms with Gasteiger partial charge in [-0.1, -0.05) is 30.3 Å². The summed E-state index contributed by atoms with van der Waals surface area (Å²) in [5, 5.41) is 10.6. The zero-order chi connectivity index (χ0) is 14.9. The molecule has 4 rings (SSSR count). The summed E-state index contributed by atoms with van der Waals surface area (Å²) in [4.78, 5) is 14.8. The number of nitrogens with one attached hydrogen (secondary N) is 1. The van der Waals surface area contributed by atoms with Gasteiger partial charge in [0.1, 0.15) is 11.5 Å². The first-order valence-corrected chi connectivity index (χ1v) is 7.65. The standard InChI is InChI=1S/C17H18N4O/c22-11-13-7-4-10-21(13)17-14-8-9-18-16(14)19-15(20-17)12-5-2-1-3-6-12/h1-3,5-6,8-9,13,22H,4,7,10-11H2,(H,18,19,20). The molecule has 0 bridgehead atoms. The lowest BCUT2D eigenvalue weighted by atomic mass is 10.2. The van der Waals surface area contributed by atoms with Gasteiger partial charge < -0.3 is 15.0 Å². The Balaban J connectivity index is 1.88. The maximum atomic E-state index is 9.61. The van der Waals surface area contributed by atoms with Crippen molar-refractivity contribution in [2.24, 2.45) is 0 Å². The number of benzene rings is 1. The first-order valence-electron chi connectivity index (χ1n) is 7.65. The molecule has 1 aliphatic rings. The Morgan fingerprint density at radius 3 is 2.86 bits per heavy atom. The Morgan fingerprint density at radius 2 is 2.05 bits per heavy atom. The third-order valence-corrected chi connectivity index (χ3v) is 4.29. The van der Waals surface area contributed by atoms with E-state index in [4.69, 9.17) is 4.98 Å². The number of aliphatic hydroxyl groups excluding tert-OH is 1. The largest absolute Gasteiger partial charge is 0.394 e. The number of hydrogen-bond acceptors (Lipinski definition) is 4. The predicted octanol–water partition coefficient (Wildman–Crippen LogP) is 2.59. The molecule has 2 aromatic heterocycles. The molecule has 0 saturated carbocycles. The third-order valence-electron chi connectivity index (χ3n) is 4.29. The lowest BCUT2D eigenvalue weighted by molar-refractivity contribution is 0.266. The van der Waals surface area contributed by atoms with Gasteiger partial charge in [-0.05, 0) is 18.9 Å². The van der Waals surface area contributed by atoms with Crippen molar-refractivity contribution in [1.82, 2.24) is 15.0 Å². The molecule has 0 radical (unpaired) electrons. The molecule has 1 saturated heterocycles. The van der Waals surface area contributed by atoms with E-state index < -0.39 is 0 Å². The quantitative estimate of drug-likeness (QED) is 0.779. The fraction of sp³-hybridized carbons (Fsp3) is 0.294. The van der Waals surface area contributed by atoms with Crippen LogP contribution in [0, 0.1) is 0 Å². The van der Waals surface area contributed by atoms with Crippen LogP contribution in [0.15, 0.2) is 42.6 Å². The summed E-state index contributed by atoms with van der Waals surface area (Å²) in [7, 11) is 0. The molecule has 1 unspecified atom stereocenters. The molecule has 112 valence electrons. The number of anilines is 1. The van der Waals surface area contributed by atoms with Gasteiger partial charge in [0.05, 0.1) is 18.0 Å². The maximum Gasteiger partial charge on any atom is 0.163 e. The molecule has 0 aliphatic carbocycles. The molecule has 22 heavy (non-hydrogen) atoms. The Bertz CT molecular complexity index is 784. The van der Waals surface area contributed by atoms with Crippen LogP contribution in [0.4, 0.5) is 5.82 Å². The van der Waals surface area contributed by atoms with Gasteiger partial charge in [-0.3, -0.25) is 0 Å². The number of rotatable bonds is 3. The summed E-state index contributed by atoms with van der Waals surface area (Å²) in [6.07, 6.45) is 3.98. The highest BCUT2D eigenvalue weighted by atomic mass is 16.3. The fourth-order valence-electron chi connectivity index (χ4n) is 3.16. The van der Waals surface area contributed by atoms with E-state index in [1.165, 1.54) is 0 Å². The van der Waals surface area contributed by atoms with Crippen LogP contribution in [0.3, 0.4) is 0 Å². The van der Waals surface area contributed by atoms with Crippen LogP contribution >= 0.6 is 0 Å². The lowest BCUT2D eigenvalue weighted by Crippen LogP contribution is -2.33. The normalized spacial score (nSPS) is 18.2. The molecule has 3 aromatic rings. The minimum Gasteiger partial charge on any atom is -0.394 e. The van der Waals surface area contributed by atoms with Crippen molar-refractivity contribution in [2.45, 2.75) is 18.9 Å². The zero-order valence-corrected chi connectivity index (χ0v) is 12.2. The van der Waals surface area contributed by atoms with Crippen LogP contribution in [-0.4, -0.2) is 39.3 Å². The van der Waals surface area contributed by atoms with Crippen LogP contribution in [0.5, 0.6) is 0 Å². The predicted molar refractivity (Wildman–Crippen MR) is 86.8 cm³/mol. The fourth-order valence-corrected chi connectivity index (χ4v) is 3.16. The van der Waals surface area contributed by atoms with E-state index in [0.29, 0.717) is 5.82 Å². The molecule has 3 heterocycles. The van der Waals surface area contributed by atoms with Crippen molar-refractivity contribution < 1.29 is 5.11 Å². The summed E-state index contributed by atoms with van der Waals surface area (Å²) < 4.78 is 0. The van der Waals surface area contributed by atoms with E-state index in [1.54, 1.807) is 0 Å². The molecule has 1 aliphatic heterocycles. The van der Waals surface area contributed by atoms with Crippen molar-refractivity contribution in [2.75, 3.05) is 18.1 Å². The molecule has 5 nitrogen and oxygen atoms in total. The Hall–Kier alpha value is -2.40. The summed E-state index contributed by atoms with van der Waals surface area (Å²) in [6.45, 7) is 1.09. The van der Waals surface area contributed by atoms with Crippen LogP contribution in [-0.2, 0) is 0 Å². The number of aromatic amines is 1. The molecular weight excluding hydrogens is 276 g/mol. The van der Waals surface area contributed by atoms with Crippen molar-refractivity contribution in [3.8, 4) is 11.4 Å². The molecule has 5 heteroatoms. The van der Waals surface area contributed by atoms with Crippen LogP contribution in [0.1, 0.15) is 12.8 Å². The van der Waals surface area contributed by atoms with Crippen molar-refractivity contribution in [1.29, 1.82) is 0 Å². The smallest absolute Gasteiger partial charge is 0.163 e. The summed E-state index contributed by atoms with van der Waals surface area (Å²) in [6, 6.07) is 12.2. The van der Waals surface area contributed by atoms with Gasteiger partial charge in [-0.2, -0.15) is 0 Å². The van der Waals surface area contributed by atoms with E-state index in [-0.39, 0.29) is 12.6 Å². The van der Waals surface area contributed by atoms with Crippen LogP contribution < -0.4 is 4.90 Å².